The molecule has 1 heterocycles. The van der Waals surface area contributed by atoms with Gasteiger partial charge in [-0.15, -0.1) is 0 Å². The summed E-state index contributed by atoms with van der Waals surface area (Å²) in [6.07, 6.45) is 2.27. The van der Waals surface area contributed by atoms with E-state index in [0.29, 0.717) is 0 Å². The molecule has 0 amide bonds. The van der Waals surface area contributed by atoms with Crippen molar-refractivity contribution >= 4 is 0 Å². The molecule has 2 nitrogen and oxygen atoms in total. The SMILES string of the molecule is Cc1cc(C)c(C2(CO)CCCN(C)C2)c(C)c1. The Morgan fingerprint density at radius 3 is 2.33 bits per heavy atom. The standard InChI is InChI=1S/C16H25NO/c1-12-8-13(2)15(14(3)9-12)16(11-18)6-5-7-17(4)10-16/h8-9,18H,5-7,10-11H2,1-4H3. The molecule has 1 unspecified atom stereocenters. The number of piperidine rings is 1. The van der Waals surface area contributed by atoms with Gasteiger partial charge in [-0.3, -0.25) is 0 Å². The highest BCUT2D eigenvalue weighted by Gasteiger charge is 2.37. The quantitative estimate of drug-likeness (QED) is 0.868. The zero-order valence-corrected chi connectivity index (χ0v) is 12.1. The first-order chi connectivity index (χ1) is 8.48. The number of benzene rings is 1. The van der Waals surface area contributed by atoms with Gasteiger partial charge in [0, 0.05) is 12.0 Å². The molecule has 1 N–H and O–H groups in total. The van der Waals surface area contributed by atoms with Crippen LogP contribution >= 0.6 is 0 Å². The first-order valence-electron chi connectivity index (χ1n) is 6.86. The molecule has 1 aliphatic heterocycles. The fraction of sp³-hybridized carbons (Fsp3) is 0.625. The number of hydrogen-bond acceptors (Lipinski definition) is 2. The summed E-state index contributed by atoms with van der Waals surface area (Å²) in [7, 11) is 2.16. The molecule has 1 saturated heterocycles. The summed E-state index contributed by atoms with van der Waals surface area (Å²) in [5.41, 5.74) is 5.29. The van der Waals surface area contributed by atoms with Gasteiger partial charge >= 0.3 is 0 Å². The molecule has 2 rings (SSSR count). The van der Waals surface area contributed by atoms with Gasteiger partial charge in [0.05, 0.1) is 6.61 Å². The number of aliphatic hydroxyl groups is 1. The topological polar surface area (TPSA) is 23.5 Å². The monoisotopic (exact) mass is 247 g/mol. The second kappa shape index (κ2) is 5.02. The molecule has 0 bridgehead atoms. The molecule has 0 saturated carbocycles. The van der Waals surface area contributed by atoms with Crippen LogP contribution in [0.3, 0.4) is 0 Å². The lowest BCUT2D eigenvalue weighted by Gasteiger charge is -2.42. The van der Waals surface area contributed by atoms with Crippen molar-refractivity contribution in [3.63, 3.8) is 0 Å². The van der Waals surface area contributed by atoms with E-state index in [0.717, 1.165) is 19.5 Å². The lowest BCUT2D eigenvalue weighted by atomic mass is 9.71. The minimum atomic E-state index is -0.0606. The minimum absolute atomic E-state index is 0.0606. The summed E-state index contributed by atoms with van der Waals surface area (Å²) in [6.45, 7) is 8.87. The van der Waals surface area contributed by atoms with Gasteiger partial charge in [0.2, 0.25) is 0 Å². The number of aliphatic hydroxyl groups excluding tert-OH is 1. The van der Waals surface area contributed by atoms with Crippen LogP contribution in [0.25, 0.3) is 0 Å². The summed E-state index contributed by atoms with van der Waals surface area (Å²) >= 11 is 0. The van der Waals surface area contributed by atoms with Crippen molar-refractivity contribution < 1.29 is 5.11 Å². The lowest BCUT2D eigenvalue weighted by molar-refractivity contribution is 0.104. The van der Waals surface area contributed by atoms with Gasteiger partial charge in [-0.05, 0) is 63.9 Å². The van der Waals surface area contributed by atoms with Crippen LogP contribution in [0.4, 0.5) is 0 Å². The van der Waals surface area contributed by atoms with Crippen molar-refractivity contribution in [2.24, 2.45) is 0 Å². The third kappa shape index (κ3) is 2.32. The van der Waals surface area contributed by atoms with E-state index in [1.165, 1.54) is 28.7 Å². The second-order valence-corrected chi connectivity index (χ2v) is 6.05. The van der Waals surface area contributed by atoms with Crippen LogP contribution < -0.4 is 0 Å². The Hall–Kier alpha value is -0.860. The van der Waals surface area contributed by atoms with E-state index in [-0.39, 0.29) is 12.0 Å². The van der Waals surface area contributed by atoms with Crippen LogP contribution in [0.1, 0.15) is 35.1 Å². The molecule has 1 aromatic rings. The summed E-state index contributed by atoms with van der Waals surface area (Å²) in [5.74, 6) is 0. The minimum Gasteiger partial charge on any atom is -0.395 e. The van der Waals surface area contributed by atoms with Gasteiger partial charge in [0.1, 0.15) is 0 Å². The summed E-state index contributed by atoms with van der Waals surface area (Å²) in [6, 6.07) is 4.49. The molecule has 18 heavy (non-hydrogen) atoms. The number of nitrogens with zero attached hydrogens (tertiary/aromatic N) is 1. The molecule has 100 valence electrons. The van der Waals surface area contributed by atoms with Crippen LogP contribution in [-0.2, 0) is 5.41 Å². The van der Waals surface area contributed by atoms with Crippen molar-refractivity contribution in [3.8, 4) is 0 Å². The second-order valence-electron chi connectivity index (χ2n) is 6.05. The number of rotatable bonds is 2. The van der Waals surface area contributed by atoms with E-state index in [9.17, 15) is 5.11 Å². The van der Waals surface area contributed by atoms with Crippen LogP contribution in [0.5, 0.6) is 0 Å². The van der Waals surface area contributed by atoms with Crippen molar-refractivity contribution in [1.82, 2.24) is 4.90 Å². The van der Waals surface area contributed by atoms with Gasteiger partial charge < -0.3 is 10.0 Å². The molecule has 1 aromatic carbocycles. The number of likely N-dealkylation sites (N-methyl/N-ethyl adjacent to an activating group) is 1. The number of likely N-dealkylation sites (tertiary alicyclic amines) is 1. The maximum atomic E-state index is 10.0. The maximum absolute atomic E-state index is 10.0. The largest absolute Gasteiger partial charge is 0.395 e. The predicted molar refractivity (Wildman–Crippen MR) is 76.1 cm³/mol. The summed E-state index contributed by atoms with van der Waals surface area (Å²) < 4.78 is 0. The highest BCUT2D eigenvalue weighted by molar-refractivity contribution is 5.43. The van der Waals surface area contributed by atoms with E-state index in [1.807, 2.05) is 0 Å². The lowest BCUT2D eigenvalue weighted by Crippen LogP contribution is -2.47. The summed E-state index contributed by atoms with van der Waals surface area (Å²) in [4.78, 5) is 2.35. The Morgan fingerprint density at radius 1 is 1.22 bits per heavy atom. The zero-order chi connectivity index (χ0) is 13.3. The Balaban J connectivity index is 2.50. The molecular weight excluding hydrogens is 222 g/mol. The number of hydrogen-bond donors (Lipinski definition) is 1. The third-order valence-electron chi connectivity index (χ3n) is 4.28. The van der Waals surface area contributed by atoms with E-state index in [2.05, 4.69) is 44.9 Å². The Labute approximate surface area is 111 Å². The van der Waals surface area contributed by atoms with E-state index in [4.69, 9.17) is 0 Å². The molecule has 1 atom stereocenters. The molecule has 1 fully saturated rings. The maximum Gasteiger partial charge on any atom is 0.0540 e. The molecule has 2 heteroatoms. The van der Waals surface area contributed by atoms with E-state index in [1.54, 1.807) is 0 Å². The number of aryl methyl sites for hydroxylation is 3. The molecular formula is C16H25NO. The van der Waals surface area contributed by atoms with Crippen molar-refractivity contribution in [3.05, 3.63) is 34.4 Å². The van der Waals surface area contributed by atoms with Gasteiger partial charge in [0.15, 0.2) is 0 Å². The first kappa shape index (κ1) is 13.6. The third-order valence-corrected chi connectivity index (χ3v) is 4.28. The smallest absolute Gasteiger partial charge is 0.0540 e. The van der Waals surface area contributed by atoms with Crippen LogP contribution in [0, 0.1) is 20.8 Å². The summed E-state index contributed by atoms with van der Waals surface area (Å²) in [5, 5.41) is 10.0. The van der Waals surface area contributed by atoms with Gasteiger partial charge in [-0.25, -0.2) is 0 Å². The first-order valence-corrected chi connectivity index (χ1v) is 6.86. The highest BCUT2D eigenvalue weighted by atomic mass is 16.3. The van der Waals surface area contributed by atoms with Crippen molar-refractivity contribution in [2.45, 2.75) is 39.0 Å². The van der Waals surface area contributed by atoms with E-state index < -0.39 is 0 Å². The van der Waals surface area contributed by atoms with Crippen molar-refractivity contribution in [2.75, 3.05) is 26.7 Å². The van der Waals surface area contributed by atoms with Gasteiger partial charge in [0.25, 0.3) is 0 Å². The fourth-order valence-corrected chi connectivity index (χ4v) is 3.79. The Morgan fingerprint density at radius 2 is 1.83 bits per heavy atom. The van der Waals surface area contributed by atoms with Crippen LogP contribution in [0.15, 0.2) is 12.1 Å². The van der Waals surface area contributed by atoms with Crippen LogP contribution in [0.2, 0.25) is 0 Å². The van der Waals surface area contributed by atoms with Gasteiger partial charge in [-0.1, -0.05) is 17.7 Å². The Bertz CT molecular complexity index is 418. The Kier molecular flexibility index (Phi) is 3.79. The molecule has 0 radical (unpaired) electrons. The van der Waals surface area contributed by atoms with Crippen molar-refractivity contribution in [1.29, 1.82) is 0 Å². The normalized spacial score (nSPS) is 25.4. The molecule has 0 aliphatic carbocycles. The average molecular weight is 247 g/mol. The highest BCUT2D eigenvalue weighted by Crippen LogP contribution is 2.37. The zero-order valence-electron chi connectivity index (χ0n) is 12.1. The predicted octanol–water partition coefficient (Wildman–Crippen LogP) is 2.57. The van der Waals surface area contributed by atoms with E-state index >= 15 is 0 Å². The van der Waals surface area contributed by atoms with Crippen LogP contribution in [-0.4, -0.2) is 36.8 Å². The fourth-order valence-electron chi connectivity index (χ4n) is 3.79. The average Bonchev–Trinajstić information content (AvgIpc) is 2.27. The molecule has 1 aliphatic rings. The molecule has 0 spiro atoms. The molecule has 0 aromatic heterocycles. The van der Waals surface area contributed by atoms with Gasteiger partial charge in [-0.2, -0.15) is 0 Å².